The Hall–Kier alpha value is 0. The largest absolute Gasteiger partial charge is 0.0651 e. The summed E-state index contributed by atoms with van der Waals surface area (Å²) in [6.45, 7) is 16.9. The number of hydrogen-bond acceptors (Lipinski definition) is 0. The standard InChI is InChI=1S/C18H36/c1-8-14(5)18(6,7)12-15(9-2)17-10-16(11-17)13(3)4/h13-17H,8-12H2,1-7H3. The number of rotatable bonds is 7. The minimum atomic E-state index is 0.526. The quantitative estimate of drug-likeness (QED) is 0.509. The SMILES string of the molecule is CCC(CC(C)(C)C(C)CC)C1CC(C(C)C)C1. The molecule has 2 atom stereocenters. The van der Waals surface area contributed by atoms with E-state index in [1.807, 2.05) is 0 Å². The van der Waals surface area contributed by atoms with Crippen molar-refractivity contribution in [3.05, 3.63) is 0 Å². The third-order valence-corrected chi connectivity index (χ3v) is 6.08. The summed E-state index contributed by atoms with van der Waals surface area (Å²) in [5, 5.41) is 0. The van der Waals surface area contributed by atoms with E-state index in [0.717, 1.165) is 29.6 Å². The maximum Gasteiger partial charge on any atom is -0.0326 e. The zero-order chi connectivity index (χ0) is 13.9. The van der Waals surface area contributed by atoms with Gasteiger partial charge in [0.2, 0.25) is 0 Å². The van der Waals surface area contributed by atoms with E-state index in [2.05, 4.69) is 48.5 Å². The molecule has 0 aromatic heterocycles. The lowest BCUT2D eigenvalue weighted by molar-refractivity contribution is 0.0479. The van der Waals surface area contributed by atoms with Crippen LogP contribution in [0.3, 0.4) is 0 Å². The van der Waals surface area contributed by atoms with Crippen LogP contribution in [0.25, 0.3) is 0 Å². The van der Waals surface area contributed by atoms with Crippen molar-refractivity contribution in [1.29, 1.82) is 0 Å². The highest BCUT2D eigenvalue weighted by Crippen LogP contribution is 2.48. The number of hydrogen-bond donors (Lipinski definition) is 0. The molecule has 1 aliphatic carbocycles. The zero-order valence-corrected chi connectivity index (χ0v) is 13.9. The van der Waals surface area contributed by atoms with Crippen molar-refractivity contribution >= 4 is 0 Å². The molecule has 0 bridgehead atoms. The average molecular weight is 252 g/mol. The van der Waals surface area contributed by atoms with Crippen LogP contribution in [-0.4, -0.2) is 0 Å². The Kier molecular flexibility index (Phi) is 5.74. The first-order chi connectivity index (χ1) is 8.31. The van der Waals surface area contributed by atoms with Crippen molar-refractivity contribution in [2.45, 2.75) is 80.6 Å². The highest BCUT2D eigenvalue weighted by Gasteiger charge is 2.38. The Labute approximate surface area is 116 Å². The van der Waals surface area contributed by atoms with Crippen molar-refractivity contribution < 1.29 is 0 Å². The van der Waals surface area contributed by atoms with E-state index >= 15 is 0 Å². The summed E-state index contributed by atoms with van der Waals surface area (Å²) in [7, 11) is 0. The molecule has 0 heteroatoms. The molecule has 18 heavy (non-hydrogen) atoms. The fourth-order valence-corrected chi connectivity index (χ4v) is 3.71. The van der Waals surface area contributed by atoms with E-state index in [1.54, 1.807) is 0 Å². The van der Waals surface area contributed by atoms with Crippen LogP contribution in [0, 0.1) is 35.0 Å². The second-order valence-corrected chi connectivity index (χ2v) is 7.91. The molecule has 2 unspecified atom stereocenters. The minimum absolute atomic E-state index is 0.526. The summed E-state index contributed by atoms with van der Waals surface area (Å²) in [6, 6.07) is 0. The fourth-order valence-electron chi connectivity index (χ4n) is 3.71. The summed E-state index contributed by atoms with van der Waals surface area (Å²) in [5.74, 6) is 4.79. The van der Waals surface area contributed by atoms with Crippen molar-refractivity contribution in [3.63, 3.8) is 0 Å². The fraction of sp³-hybridized carbons (Fsp3) is 1.00. The van der Waals surface area contributed by atoms with Gasteiger partial charge >= 0.3 is 0 Å². The van der Waals surface area contributed by atoms with E-state index in [9.17, 15) is 0 Å². The van der Waals surface area contributed by atoms with Gasteiger partial charge < -0.3 is 0 Å². The van der Waals surface area contributed by atoms with Crippen LogP contribution in [-0.2, 0) is 0 Å². The molecule has 0 radical (unpaired) electrons. The average Bonchev–Trinajstić information content (AvgIpc) is 2.23. The van der Waals surface area contributed by atoms with Crippen LogP contribution in [0.2, 0.25) is 0 Å². The van der Waals surface area contributed by atoms with Gasteiger partial charge in [0.25, 0.3) is 0 Å². The van der Waals surface area contributed by atoms with Gasteiger partial charge in [-0.3, -0.25) is 0 Å². The molecule has 1 rings (SSSR count). The van der Waals surface area contributed by atoms with E-state index in [4.69, 9.17) is 0 Å². The van der Waals surface area contributed by atoms with E-state index < -0.39 is 0 Å². The third-order valence-electron chi connectivity index (χ3n) is 6.08. The topological polar surface area (TPSA) is 0 Å². The van der Waals surface area contributed by atoms with Gasteiger partial charge in [-0.05, 0) is 54.3 Å². The Balaban J connectivity index is 2.49. The van der Waals surface area contributed by atoms with Crippen molar-refractivity contribution in [2.24, 2.45) is 35.0 Å². The molecule has 1 aliphatic rings. The molecule has 0 amide bonds. The Bertz CT molecular complexity index is 232. The molecule has 0 aromatic carbocycles. The second kappa shape index (κ2) is 6.44. The molecule has 0 heterocycles. The minimum Gasteiger partial charge on any atom is -0.0651 e. The Morgan fingerprint density at radius 1 is 0.944 bits per heavy atom. The van der Waals surface area contributed by atoms with Crippen LogP contribution in [0.1, 0.15) is 80.6 Å². The summed E-state index contributed by atoms with van der Waals surface area (Å²) in [6.07, 6.45) is 7.16. The molecule has 0 aromatic rings. The predicted molar refractivity (Wildman–Crippen MR) is 82.7 cm³/mol. The van der Waals surface area contributed by atoms with Gasteiger partial charge in [-0.25, -0.2) is 0 Å². The van der Waals surface area contributed by atoms with E-state index in [0.29, 0.717) is 5.41 Å². The molecule has 0 N–H and O–H groups in total. The van der Waals surface area contributed by atoms with Gasteiger partial charge in [-0.2, -0.15) is 0 Å². The molecule has 0 spiro atoms. The predicted octanol–water partition coefficient (Wildman–Crippen LogP) is 6.16. The van der Waals surface area contributed by atoms with Crippen molar-refractivity contribution in [2.75, 3.05) is 0 Å². The van der Waals surface area contributed by atoms with Crippen molar-refractivity contribution in [3.8, 4) is 0 Å². The lowest BCUT2D eigenvalue weighted by atomic mass is 9.60. The molecule has 1 saturated carbocycles. The summed E-state index contributed by atoms with van der Waals surface area (Å²) >= 11 is 0. The summed E-state index contributed by atoms with van der Waals surface area (Å²) in [5.41, 5.74) is 0.526. The monoisotopic (exact) mass is 252 g/mol. The van der Waals surface area contributed by atoms with Crippen LogP contribution >= 0.6 is 0 Å². The first-order valence-corrected chi connectivity index (χ1v) is 8.31. The van der Waals surface area contributed by atoms with Gasteiger partial charge in [0, 0.05) is 0 Å². The normalized spacial score (nSPS) is 28.0. The molecule has 0 aliphatic heterocycles. The van der Waals surface area contributed by atoms with Gasteiger partial charge in [-0.1, -0.05) is 61.3 Å². The van der Waals surface area contributed by atoms with Gasteiger partial charge in [0.1, 0.15) is 0 Å². The van der Waals surface area contributed by atoms with Crippen LogP contribution in [0.4, 0.5) is 0 Å². The molecular weight excluding hydrogens is 216 g/mol. The molecule has 108 valence electrons. The third kappa shape index (κ3) is 3.75. The first kappa shape index (κ1) is 16.1. The van der Waals surface area contributed by atoms with Crippen molar-refractivity contribution in [1.82, 2.24) is 0 Å². The molecule has 0 saturated heterocycles. The summed E-state index contributed by atoms with van der Waals surface area (Å²) in [4.78, 5) is 0. The first-order valence-electron chi connectivity index (χ1n) is 8.31. The maximum absolute atomic E-state index is 2.49. The Morgan fingerprint density at radius 3 is 1.89 bits per heavy atom. The van der Waals surface area contributed by atoms with Gasteiger partial charge in [0.05, 0.1) is 0 Å². The Morgan fingerprint density at radius 2 is 1.50 bits per heavy atom. The highest BCUT2D eigenvalue weighted by atomic mass is 14.4. The lowest BCUT2D eigenvalue weighted by Crippen LogP contribution is -2.36. The lowest BCUT2D eigenvalue weighted by Gasteiger charge is -2.45. The van der Waals surface area contributed by atoms with Gasteiger partial charge in [-0.15, -0.1) is 0 Å². The molecular formula is C18H36. The van der Waals surface area contributed by atoms with Crippen LogP contribution in [0.15, 0.2) is 0 Å². The molecule has 1 fully saturated rings. The van der Waals surface area contributed by atoms with Gasteiger partial charge in [0.15, 0.2) is 0 Å². The van der Waals surface area contributed by atoms with E-state index in [1.165, 1.54) is 32.1 Å². The molecule has 0 nitrogen and oxygen atoms in total. The maximum atomic E-state index is 2.49. The summed E-state index contributed by atoms with van der Waals surface area (Å²) < 4.78 is 0. The van der Waals surface area contributed by atoms with Crippen LogP contribution in [0.5, 0.6) is 0 Å². The van der Waals surface area contributed by atoms with Crippen LogP contribution < -0.4 is 0 Å². The highest BCUT2D eigenvalue weighted by molar-refractivity contribution is 4.88. The smallest absolute Gasteiger partial charge is 0.0326 e. The van der Waals surface area contributed by atoms with E-state index in [-0.39, 0.29) is 0 Å². The second-order valence-electron chi connectivity index (χ2n) is 7.91. The zero-order valence-electron chi connectivity index (χ0n) is 13.9.